The number of piperidine rings is 1. The van der Waals surface area contributed by atoms with Crippen LogP contribution in [0.15, 0.2) is 73.3 Å². The third kappa shape index (κ3) is 3.03. The van der Waals surface area contributed by atoms with E-state index in [0.717, 1.165) is 54.5 Å². The van der Waals surface area contributed by atoms with Crippen LogP contribution in [0, 0.1) is 5.82 Å². The second-order valence-electron chi connectivity index (χ2n) is 8.45. The predicted molar refractivity (Wildman–Crippen MR) is 120 cm³/mol. The molecule has 3 nitrogen and oxygen atoms in total. The van der Waals surface area contributed by atoms with Crippen LogP contribution in [0.3, 0.4) is 0 Å². The summed E-state index contributed by atoms with van der Waals surface area (Å²) in [6.45, 7) is 7.17. The normalized spacial score (nSPS) is 18.0. The van der Waals surface area contributed by atoms with E-state index >= 15 is 0 Å². The molecular formula is C26H25FN2O. The number of halogens is 1. The first-order valence-electron chi connectivity index (χ1n) is 10.5. The number of carbonyl (C=O) groups excluding carboxylic acids is 1. The summed E-state index contributed by atoms with van der Waals surface area (Å²) in [6, 6.07) is 18.7. The molecule has 2 aliphatic heterocycles. The molecule has 1 fully saturated rings. The highest BCUT2D eigenvalue weighted by Crippen LogP contribution is 2.48. The Bertz CT molecular complexity index is 1130. The quantitative estimate of drug-likeness (QED) is 0.567. The molecule has 0 unspecified atom stereocenters. The Morgan fingerprint density at radius 2 is 1.83 bits per heavy atom. The second kappa shape index (κ2) is 7.37. The van der Waals surface area contributed by atoms with Gasteiger partial charge in [-0.15, -0.1) is 6.58 Å². The number of fused-ring (bicyclic) bond motifs is 3. The molecule has 1 amide bonds. The van der Waals surface area contributed by atoms with Crippen LogP contribution in [-0.4, -0.2) is 37.0 Å². The lowest BCUT2D eigenvalue weighted by molar-refractivity contribution is 0.0979. The monoisotopic (exact) mass is 400 g/mol. The highest BCUT2D eigenvalue weighted by Gasteiger charge is 2.46. The lowest BCUT2D eigenvalue weighted by Crippen LogP contribution is -2.46. The number of hydrogen-bond donors (Lipinski definition) is 0. The Kier molecular flexibility index (Phi) is 4.67. The van der Waals surface area contributed by atoms with Gasteiger partial charge in [0.2, 0.25) is 0 Å². The molecule has 30 heavy (non-hydrogen) atoms. The zero-order valence-corrected chi connectivity index (χ0v) is 17.0. The molecule has 5 rings (SSSR count). The average molecular weight is 400 g/mol. The maximum Gasteiger partial charge on any atom is 0.258 e. The topological polar surface area (TPSA) is 23.6 Å². The third-order valence-corrected chi connectivity index (χ3v) is 6.75. The Hall–Kier alpha value is -2.98. The summed E-state index contributed by atoms with van der Waals surface area (Å²) in [5, 5.41) is 2.00. The Labute approximate surface area is 176 Å². The van der Waals surface area contributed by atoms with Crippen LogP contribution < -0.4 is 4.90 Å². The van der Waals surface area contributed by atoms with Crippen molar-refractivity contribution in [2.24, 2.45) is 0 Å². The lowest BCUT2D eigenvalue weighted by Gasteiger charge is -2.39. The number of nitrogens with zero attached hydrogens (tertiary/aromatic N) is 2. The van der Waals surface area contributed by atoms with Gasteiger partial charge >= 0.3 is 0 Å². The van der Waals surface area contributed by atoms with Crippen molar-refractivity contribution in [1.82, 2.24) is 4.90 Å². The molecule has 0 atom stereocenters. The molecule has 0 aromatic heterocycles. The van der Waals surface area contributed by atoms with Crippen LogP contribution in [0.2, 0.25) is 0 Å². The first-order chi connectivity index (χ1) is 14.6. The minimum absolute atomic E-state index is 0.00921. The number of benzene rings is 3. The van der Waals surface area contributed by atoms with E-state index in [9.17, 15) is 9.18 Å². The van der Waals surface area contributed by atoms with E-state index in [2.05, 4.69) is 11.5 Å². The van der Waals surface area contributed by atoms with Crippen molar-refractivity contribution >= 4 is 22.4 Å². The summed E-state index contributed by atoms with van der Waals surface area (Å²) in [5.74, 6) is -0.244. The molecule has 2 aliphatic rings. The zero-order valence-electron chi connectivity index (χ0n) is 17.0. The summed E-state index contributed by atoms with van der Waals surface area (Å²) in [7, 11) is 0. The van der Waals surface area contributed by atoms with Crippen LogP contribution in [-0.2, 0) is 5.41 Å². The van der Waals surface area contributed by atoms with Gasteiger partial charge in [-0.3, -0.25) is 9.69 Å². The molecule has 0 bridgehead atoms. The van der Waals surface area contributed by atoms with Crippen molar-refractivity contribution in [3.63, 3.8) is 0 Å². The lowest BCUT2D eigenvalue weighted by atomic mass is 9.74. The summed E-state index contributed by atoms with van der Waals surface area (Å²) >= 11 is 0. The number of anilines is 1. The van der Waals surface area contributed by atoms with E-state index < -0.39 is 0 Å². The van der Waals surface area contributed by atoms with Gasteiger partial charge < -0.3 is 4.90 Å². The maximum absolute atomic E-state index is 14.2. The van der Waals surface area contributed by atoms with Crippen molar-refractivity contribution in [3.05, 3.63) is 90.3 Å². The molecule has 4 heteroatoms. The molecule has 0 aliphatic carbocycles. The number of carbonyl (C=O) groups is 1. The molecule has 2 heterocycles. The van der Waals surface area contributed by atoms with Gasteiger partial charge in [-0.1, -0.05) is 42.5 Å². The van der Waals surface area contributed by atoms with Crippen molar-refractivity contribution < 1.29 is 9.18 Å². The van der Waals surface area contributed by atoms with Gasteiger partial charge in [0.1, 0.15) is 5.82 Å². The highest BCUT2D eigenvalue weighted by molar-refractivity contribution is 6.15. The van der Waals surface area contributed by atoms with E-state index in [0.29, 0.717) is 12.1 Å². The molecule has 152 valence electrons. The van der Waals surface area contributed by atoms with Crippen molar-refractivity contribution in [3.8, 4) is 0 Å². The van der Waals surface area contributed by atoms with E-state index in [-0.39, 0.29) is 17.1 Å². The van der Waals surface area contributed by atoms with Gasteiger partial charge in [-0.2, -0.15) is 0 Å². The van der Waals surface area contributed by atoms with E-state index in [1.165, 1.54) is 6.07 Å². The SMILES string of the molecule is C=CCN1CCC2(CC1)CN(C(=O)c1cccc3ccccc13)c1ccc(F)cc12. The number of likely N-dealkylation sites (tertiary alicyclic amines) is 1. The minimum atomic E-state index is -0.235. The molecule has 3 aromatic rings. The summed E-state index contributed by atoms with van der Waals surface area (Å²) in [6.07, 6.45) is 3.75. The zero-order chi connectivity index (χ0) is 20.7. The summed E-state index contributed by atoms with van der Waals surface area (Å²) < 4.78 is 14.2. The fraction of sp³-hybridized carbons (Fsp3) is 0.269. The Balaban J connectivity index is 1.54. The fourth-order valence-corrected chi connectivity index (χ4v) is 5.15. The third-order valence-electron chi connectivity index (χ3n) is 6.75. The first kappa shape index (κ1) is 19.0. The van der Waals surface area contributed by atoms with Crippen LogP contribution in [0.5, 0.6) is 0 Å². The Morgan fingerprint density at radius 3 is 2.63 bits per heavy atom. The molecule has 0 N–H and O–H groups in total. The molecule has 0 radical (unpaired) electrons. The Morgan fingerprint density at radius 1 is 1.07 bits per heavy atom. The average Bonchev–Trinajstić information content (AvgIpc) is 3.08. The number of hydrogen-bond acceptors (Lipinski definition) is 2. The molecular weight excluding hydrogens is 375 g/mol. The van der Waals surface area contributed by atoms with Gasteiger partial charge in [0.15, 0.2) is 0 Å². The van der Waals surface area contributed by atoms with Crippen molar-refractivity contribution in [2.45, 2.75) is 18.3 Å². The standard InChI is InChI=1S/C26H25FN2O/c1-2-14-28-15-12-26(13-16-28)18-29(24-11-10-20(27)17-23(24)26)25(30)22-9-5-7-19-6-3-4-8-21(19)22/h2-11,17H,1,12-16,18H2. The van der Waals surface area contributed by atoms with E-state index in [1.54, 1.807) is 12.1 Å². The van der Waals surface area contributed by atoms with Crippen LogP contribution >= 0.6 is 0 Å². The first-order valence-corrected chi connectivity index (χ1v) is 10.5. The smallest absolute Gasteiger partial charge is 0.258 e. The summed E-state index contributed by atoms with van der Waals surface area (Å²) in [5.41, 5.74) is 2.35. The van der Waals surface area contributed by atoms with Crippen LogP contribution in [0.25, 0.3) is 10.8 Å². The fourth-order valence-electron chi connectivity index (χ4n) is 5.15. The second-order valence-corrected chi connectivity index (χ2v) is 8.45. The minimum Gasteiger partial charge on any atom is -0.307 e. The highest BCUT2D eigenvalue weighted by atomic mass is 19.1. The van der Waals surface area contributed by atoms with Crippen LogP contribution in [0.4, 0.5) is 10.1 Å². The van der Waals surface area contributed by atoms with Gasteiger partial charge in [0.05, 0.1) is 0 Å². The van der Waals surface area contributed by atoms with E-state index in [1.807, 2.05) is 53.4 Å². The van der Waals surface area contributed by atoms with Crippen LogP contribution in [0.1, 0.15) is 28.8 Å². The number of amides is 1. The molecule has 1 saturated heterocycles. The molecule has 1 spiro atoms. The van der Waals surface area contributed by atoms with Crippen molar-refractivity contribution in [2.75, 3.05) is 31.1 Å². The molecule has 0 saturated carbocycles. The van der Waals surface area contributed by atoms with Gasteiger partial charge in [0.25, 0.3) is 5.91 Å². The van der Waals surface area contributed by atoms with Gasteiger partial charge in [0, 0.05) is 29.8 Å². The van der Waals surface area contributed by atoms with Crippen molar-refractivity contribution in [1.29, 1.82) is 0 Å². The van der Waals surface area contributed by atoms with Gasteiger partial charge in [-0.05, 0) is 66.5 Å². The van der Waals surface area contributed by atoms with E-state index in [4.69, 9.17) is 0 Å². The van der Waals surface area contributed by atoms with Gasteiger partial charge in [-0.25, -0.2) is 4.39 Å². The maximum atomic E-state index is 14.2. The summed E-state index contributed by atoms with van der Waals surface area (Å²) in [4.78, 5) is 18.0. The predicted octanol–water partition coefficient (Wildman–Crippen LogP) is 5.16. The number of rotatable bonds is 3. The molecule has 3 aromatic carbocycles. The largest absolute Gasteiger partial charge is 0.307 e.